The largest absolute Gasteiger partial charge is 0.481 e. The quantitative estimate of drug-likeness (QED) is 0.812. The highest BCUT2D eigenvalue weighted by atomic mass is 16.4. The summed E-state index contributed by atoms with van der Waals surface area (Å²) < 4.78 is 1.79. The van der Waals surface area contributed by atoms with Crippen molar-refractivity contribution in [2.24, 2.45) is 5.41 Å². The smallest absolute Gasteiger partial charge is 0.311 e. The average Bonchev–Trinajstić information content (AvgIpc) is 2.99. The average molecular weight is 332 g/mol. The van der Waals surface area contributed by atoms with Crippen molar-refractivity contribution >= 4 is 22.9 Å². The normalized spacial score (nSPS) is 11.9. The summed E-state index contributed by atoms with van der Waals surface area (Å²) in [6.07, 6.45) is 4.09. The molecule has 0 aliphatic heterocycles. The molecule has 0 aliphatic rings. The Bertz CT molecular complexity index is 747. The van der Waals surface area contributed by atoms with Gasteiger partial charge < -0.3 is 10.4 Å². The lowest BCUT2D eigenvalue weighted by atomic mass is 9.82. The highest BCUT2D eigenvalue weighted by molar-refractivity contribution is 5.97. The van der Waals surface area contributed by atoms with Crippen molar-refractivity contribution in [3.8, 4) is 0 Å². The Kier molecular flexibility index (Phi) is 5.21. The number of carbonyl (C=O) groups is 2. The zero-order valence-electron chi connectivity index (χ0n) is 14.5. The van der Waals surface area contributed by atoms with Crippen LogP contribution in [0.3, 0.4) is 0 Å². The van der Waals surface area contributed by atoms with Gasteiger partial charge in [0.2, 0.25) is 0 Å². The molecule has 7 nitrogen and oxygen atoms in total. The first-order valence-electron chi connectivity index (χ1n) is 8.19. The predicted octanol–water partition coefficient (Wildman–Crippen LogP) is 2.63. The van der Waals surface area contributed by atoms with Gasteiger partial charge in [0.25, 0.3) is 5.91 Å². The van der Waals surface area contributed by atoms with Gasteiger partial charge in [0.1, 0.15) is 0 Å². The van der Waals surface area contributed by atoms with E-state index in [1.165, 1.54) is 6.20 Å². The Hall–Kier alpha value is -2.44. The molecule has 2 heterocycles. The monoisotopic (exact) mass is 332 g/mol. The molecule has 0 fully saturated rings. The molecule has 2 aromatic heterocycles. The van der Waals surface area contributed by atoms with E-state index in [0.29, 0.717) is 18.4 Å². The molecule has 2 rings (SSSR count). The van der Waals surface area contributed by atoms with Crippen molar-refractivity contribution in [3.63, 3.8) is 0 Å². The molecule has 1 amide bonds. The van der Waals surface area contributed by atoms with Crippen LogP contribution in [0.15, 0.2) is 18.5 Å². The summed E-state index contributed by atoms with van der Waals surface area (Å²) in [5.41, 5.74) is 0.191. The van der Waals surface area contributed by atoms with E-state index in [4.69, 9.17) is 0 Å². The number of aliphatic carboxylic acids is 1. The fraction of sp³-hybridized carbons (Fsp3) is 0.529. The molecule has 2 aromatic rings. The number of carboxylic acids is 1. The Balaban J connectivity index is 2.18. The predicted molar refractivity (Wildman–Crippen MR) is 90.9 cm³/mol. The van der Waals surface area contributed by atoms with Gasteiger partial charge in [-0.15, -0.1) is 0 Å². The van der Waals surface area contributed by atoms with Gasteiger partial charge in [-0.3, -0.25) is 9.59 Å². The van der Waals surface area contributed by atoms with Crippen molar-refractivity contribution in [2.75, 3.05) is 6.54 Å². The number of amides is 1. The molecule has 130 valence electrons. The molecule has 2 N–H and O–H groups in total. The van der Waals surface area contributed by atoms with Crippen LogP contribution in [-0.4, -0.2) is 38.3 Å². The number of aromatic nitrogens is 3. The molecule has 0 aliphatic carbocycles. The van der Waals surface area contributed by atoms with Crippen LogP contribution in [0, 0.1) is 5.41 Å². The summed E-state index contributed by atoms with van der Waals surface area (Å²) in [6.45, 7) is 7.75. The van der Waals surface area contributed by atoms with Gasteiger partial charge in [-0.1, -0.05) is 13.8 Å². The second kappa shape index (κ2) is 6.98. The van der Waals surface area contributed by atoms with Gasteiger partial charge in [-0.25, -0.2) is 9.67 Å². The number of carbonyl (C=O) groups excluding carboxylic acids is 1. The number of pyridine rings is 1. The van der Waals surface area contributed by atoms with Crippen LogP contribution in [0.25, 0.3) is 11.0 Å². The van der Waals surface area contributed by atoms with Gasteiger partial charge >= 0.3 is 5.97 Å². The molecular weight excluding hydrogens is 308 g/mol. The maximum absolute atomic E-state index is 12.4. The van der Waals surface area contributed by atoms with Gasteiger partial charge in [-0.05, 0) is 32.8 Å². The molecule has 0 spiro atoms. The fourth-order valence-electron chi connectivity index (χ4n) is 2.67. The van der Waals surface area contributed by atoms with E-state index in [2.05, 4.69) is 15.4 Å². The summed E-state index contributed by atoms with van der Waals surface area (Å²) >= 11 is 0. The van der Waals surface area contributed by atoms with Gasteiger partial charge in [-0.2, -0.15) is 5.10 Å². The van der Waals surface area contributed by atoms with Crippen LogP contribution in [0.4, 0.5) is 0 Å². The number of nitrogens with zero attached hydrogens (tertiary/aromatic N) is 3. The van der Waals surface area contributed by atoms with E-state index in [1.807, 2.05) is 27.7 Å². The maximum atomic E-state index is 12.4. The van der Waals surface area contributed by atoms with E-state index >= 15 is 0 Å². The van der Waals surface area contributed by atoms with E-state index in [0.717, 1.165) is 11.0 Å². The Labute approximate surface area is 141 Å². The minimum Gasteiger partial charge on any atom is -0.481 e. The zero-order valence-corrected chi connectivity index (χ0v) is 14.5. The molecule has 0 bridgehead atoms. The first-order valence-corrected chi connectivity index (χ1v) is 8.19. The number of hydrogen-bond donors (Lipinski definition) is 2. The van der Waals surface area contributed by atoms with Gasteiger partial charge in [0.05, 0.1) is 17.2 Å². The van der Waals surface area contributed by atoms with Crippen LogP contribution in [0.1, 0.15) is 56.9 Å². The van der Waals surface area contributed by atoms with E-state index in [-0.39, 0.29) is 18.5 Å². The molecular formula is C17H24N4O3. The standard InChI is InChI=1S/C17H24N4O3/c1-5-17(6-2,16(23)24)10-19-15(22)13-7-12-9-20-21(11(3)4)14(12)18-8-13/h7-9,11H,5-6,10H2,1-4H3,(H,19,22)(H,23,24). The summed E-state index contributed by atoms with van der Waals surface area (Å²) in [6, 6.07) is 1.91. The fourth-order valence-corrected chi connectivity index (χ4v) is 2.67. The highest BCUT2D eigenvalue weighted by Gasteiger charge is 2.35. The third-order valence-electron chi connectivity index (χ3n) is 4.58. The third-order valence-corrected chi connectivity index (χ3v) is 4.58. The van der Waals surface area contributed by atoms with Crippen LogP contribution in [-0.2, 0) is 4.79 Å². The summed E-state index contributed by atoms with van der Waals surface area (Å²) in [7, 11) is 0. The number of hydrogen-bond acceptors (Lipinski definition) is 4. The topological polar surface area (TPSA) is 97.1 Å². The maximum Gasteiger partial charge on any atom is 0.311 e. The summed E-state index contributed by atoms with van der Waals surface area (Å²) in [5.74, 6) is -1.21. The molecule has 0 saturated heterocycles. The van der Waals surface area contributed by atoms with Crippen molar-refractivity contribution in [2.45, 2.75) is 46.6 Å². The number of nitrogens with one attached hydrogen (secondary N) is 1. The molecule has 0 aromatic carbocycles. The van der Waals surface area contributed by atoms with Crippen LogP contribution < -0.4 is 5.32 Å². The number of carboxylic acid groups (broad SMARTS) is 1. The molecule has 0 atom stereocenters. The van der Waals surface area contributed by atoms with Crippen LogP contribution >= 0.6 is 0 Å². The van der Waals surface area contributed by atoms with Gasteiger partial charge in [0.15, 0.2) is 5.65 Å². The Morgan fingerprint density at radius 2 is 1.96 bits per heavy atom. The molecule has 0 radical (unpaired) electrons. The summed E-state index contributed by atoms with van der Waals surface area (Å²) in [4.78, 5) is 28.2. The molecule has 24 heavy (non-hydrogen) atoms. The summed E-state index contributed by atoms with van der Waals surface area (Å²) in [5, 5.41) is 17.2. The second-order valence-electron chi connectivity index (χ2n) is 6.29. The zero-order chi connectivity index (χ0) is 17.9. The van der Waals surface area contributed by atoms with Crippen molar-refractivity contribution < 1.29 is 14.7 Å². The molecule has 0 unspecified atom stereocenters. The minimum absolute atomic E-state index is 0.0947. The minimum atomic E-state index is -0.935. The van der Waals surface area contributed by atoms with Crippen molar-refractivity contribution in [1.29, 1.82) is 0 Å². The van der Waals surface area contributed by atoms with E-state index in [1.54, 1.807) is 16.9 Å². The van der Waals surface area contributed by atoms with Crippen molar-refractivity contribution in [1.82, 2.24) is 20.1 Å². The molecule has 0 saturated carbocycles. The highest BCUT2D eigenvalue weighted by Crippen LogP contribution is 2.26. The number of fused-ring (bicyclic) bond motifs is 1. The first kappa shape index (κ1) is 17.9. The Morgan fingerprint density at radius 1 is 1.29 bits per heavy atom. The lowest BCUT2D eigenvalue weighted by Crippen LogP contribution is -2.42. The first-order chi connectivity index (χ1) is 11.3. The van der Waals surface area contributed by atoms with Crippen LogP contribution in [0.2, 0.25) is 0 Å². The van der Waals surface area contributed by atoms with E-state index < -0.39 is 11.4 Å². The molecule has 7 heteroatoms. The van der Waals surface area contributed by atoms with Gasteiger partial charge in [0, 0.05) is 24.2 Å². The lowest BCUT2D eigenvalue weighted by molar-refractivity contribution is -0.149. The van der Waals surface area contributed by atoms with Crippen molar-refractivity contribution in [3.05, 3.63) is 24.0 Å². The third kappa shape index (κ3) is 3.25. The second-order valence-corrected chi connectivity index (χ2v) is 6.29. The Morgan fingerprint density at radius 3 is 2.50 bits per heavy atom. The number of rotatable bonds is 7. The van der Waals surface area contributed by atoms with Crippen LogP contribution in [0.5, 0.6) is 0 Å². The SMILES string of the molecule is CCC(CC)(CNC(=O)c1cnc2c(cnn2C(C)C)c1)C(=O)O. The lowest BCUT2D eigenvalue weighted by Gasteiger charge is -2.26. The van der Waals surface area contributed by atoms with E-state index in [9.17, 15) is 14.7 Å².